The fourth-order valence-electron chi connectivity index (χ4n) is 2.74. The second-order valence-corrected chi connectivity index (χ2v) is 9.01. The van der Waals surface area contributed by atoms with Crippen LogP contribution in [-0.4, -0.2) is 17.5 Å². The van der Waals surface area contributed by atoms with Gasteiger partial charge in [0, 0.05) is 19.4 Å². The molecule has 0 saturated heterocycles. The highest BCUT2D eigenvalue weighted by atomic mass is 79.9. The van der Waals surface area contributed by atoms with Crippen LogP contribution in [0.5, 0.6) is 5.75 Å². The predicted octanol–water partition coefficient (Wildman–Crippen LogP) is 6.48. The van der Waals surface area contributed by atoms with Gasteiger partial charge < -0.3 is 4.74 Å². The van der Waals surface area contributed by atoms with Crippen molar-refractivity contribution < 1.29 is 9.53 Å². The van der Waals surface area contributed by atoms with Gasteiger partial charge in [0.2, 0.25) is 0 Å². The Morgan fingerprint density at radius 3 is 2.46 bits per heavy atom. The lowest BCUT2D eigenvalue weighted by Gasteiger charge is -2.10. The van der Waals surface area contributed by atoms with E-state index in [0.717, 1.165) is 49.2 Å². The zero-order valence-electron chi connectivity index (χ0n) is 15.6. The van der Waals surface area contributed by atoms with E-state index in [1.807, 2.05) is 42.5 Å². The number of amides is 1. The molecule has 28 heavy (non-hydrogen) atoms. The van der Waals surface area contributed by atoms with E-state index in [2.05, 4.69) is 56.0 Å². The van der Waals surface area contributed by atoms with E-state index in [0.29, 0.717) is 5.13 Å². The average molecular weight is 524 g/mol. The highest BCUT2D eigenvalue weighted by Gasteiger charge is 2.14. The van der Waals surface area contributed by atoms with Crippen molar-refractivity contribution in [1.82, 2.24) is 4.98 Å². The Hall–Kier alpha value is -1.70. The highest BCUT2D eigenvalue weighted by molar-refractivity contribution is 9.10. The Morgan fingerprint density at radius 2 is 1.79 bits per heavy atom. The maximum absolute atomic E-state index is 12.4. The third-order valence-electron chi connectivity index (χ3n) is 4.14. The summed E-state index contributed by atoms with van der Waals surface area (Å²) in [6.45, 7) is 4.09. The van der Waals surface area contributed by atoms with Crippen LogP contribution in [0.25, 0.3) is 11.3 Å². The fraction of sp³-hybridized carbons (Fsp3) is 0.238. The summed E-state index contributed by atoms with van der Waals surface area (Å²) in [5.74, 6) is 0.508. The van der Waals surface area contributed by atoms with Crippen LogP contribution in [0.15, 0.2) is 51.4 Å². The zero-order valence-corrected chi connectivity index (χ0v) is 19.6. The minimum Gasteiger partial charge on any atom is -0.483 e. The number of rotatable bonds is 7. The van der Waals surface area contributed by atoms with Gasteiger partial charge >= 0.3 is 0 Å². The number of nitrogens with zero attached hydrogens (tertiary/aromatic N) is 1. The molecule has 0 aliphatic carbocycles. The van der Waals surface area contributed by atoms with Gasteiger partial charge in [-0.25, -0.2) is 4.98 Å². The number of benzene rings is 2. The van der Waals surface area contributed by atoms with Crippen molar-refractivity contribution in [2.45, 2.75) is 26.7 Å². The molecule has 0 spiro atoms. The molecule has 7 heteroatoms. The van der Waals surface area contributed by atoms with Crippen LogP contribution in [0.3, 0.4) is 0 Å². The number of hydrogen-bond acceptors (Lipinski definition) is 4. The quantitative estimate of drug-likeness (QED) is 0.385. The summed E-state index contributed by atoms with van der Waals surface area (Å²) in [4.78, 5) is 18.1. The maximum atomic E-state index is 12.4. The minimum absolute atomic E-state index is 0.0523. The van der Waals surface area contributed by atoms with Crippen molar-refractivity contribution in [3.05, 3.63) is 61.9 Å². The van der Waals surface area contributed by atoms with Crippen LogP contribution in [0.4, 0.5) is 5.13 Å². The zero-order chi connectivity index (χ0) is 20.1. The Morgan fingerprint density at radius 1 is 1.07 bits per heavy atom. The average Bonchev–Trinajstić information content (AvgIpc) is 3.10. The van der Waals surface area contributed by atoms with Gasteiger partial charge in [-0.2, -0.15) is 0 Å². The van der Waals surface area contributed by atoms with Gasteiger partial charge in [-0.3, -0.25) is 10.1 Å². The van der Waals surface area contributed by atoms with Crippen molar-refractivity contribution in [3.8, 4) is 17.0 Å². The number of halogens is 2. The number of ether oxygens (including phenoxy) is 1. The van der Waals surface area contributed by atoms with Crippen molar-refractivity contribution >= 4 is 54.2 Å². The van der Waals surface area contributed by atoms with Crippen LogP contribution in [0.1, 0.15) is 24.3 Å². The van der Waals surface area contributed by atoms with Crippen LogP contribution >= 0.6 is 43.2 Å². The van der Waals surface area contributed by atoms with Gasteiger partial charge in [-0.15, -0.1) is 11.3 Å². The third kappa shape index (κ3) is 5.21. The molecule has 0 unspecified atom stereocenters. The van der Waals surface area contributed by atoms with Crippen molar-refractivity contribution in [1.29, 1.82) is 0 Å². The molecule has 0 radical (unpaired) electrons. The van der Waals surface area contributed by atoms with Gasteiger partial charge in [0.1, 0.15) is 5.75 Å². The molecular formula is C21H20Br2N2O2S. The van der Waals surface area contributed by atoms with Gasteiger partial charge in [0.25, 0.3) is 5.91 Å². The monoisotopic (exact) mass is 522 g/mol. The number of thiazole rings is 1. The molecular weight excluding hydrogens is 504 g/mol. The molecule has 3 aromatic rings. The molecule has 1 aromatic heterocycles. The number of carbonyl (C=O) groups is 1. The van der Waals surface area contributed by atoms with Gasteiger partial charge in [-0.05, 0) is 48.7 Å². The molecule has 0 saturated carbocycles. The first kappa shape index (κ1) is 21.0. The Bertz CT molecular complexity index is 971. The summed E-state index contributed by atoms with van der Waals surface area (Å²) in [7, 11) is 0. The number of hydrogen-bond donors (Lipinski definition) is 1. The summed E-state index contributed by atoms with van der Waals surface area (Å²) in [6, 6.07) is 13.8. The first-order valence-electron chi connectivity index (χ1n) is 8.96. The molecule has 1 heterocycles. The van der Waals surface area contributed by atoms with Crippen LogP contribution in [0.2, 0.25) is 0 Å². The predicted molar refractivity (Wildman–Crippen MR) is 122 cm³/mol. The van der Waals surface area contributed by atoms with E-state index in [1.54, 1.807) is 0 Å². The van der Waals surface area contributed by atoms with E-state index in [-0.39, 0.29) is 12.5 Å². The number of aryl methyl sites for hydroxylation is 2. The summed E-state index contributed by atoms with van der Waals surface area (Å²) in [5, 5.41) is 3.45. The molecule has 3 rings (SSSR count). The van der Waals surface area contributed by atoms with Gasteiger partial charge in [-0.1, -0.05) is 57.8 Å². The number of anilines is 1. The van der Waals surface area contributed by atoms with E-state index in [4.69, 9.17) is 4.74 Å². The maximum Gasteiger partial charge on any atom is 0.264 e. The first-order valence-corrected chi connectivity index (χ1v) is 11.4. The largest absolute Gasteiger partial charge is 0.483 e. The lowest BCUT2D eigenvalue weighted by molar-refractivity contribution is -0.118. The first-order chi connectivity index (χ1) is 13.5. The topological polar surface area (TPSA) is 51.2 Å². The molecule has 2 aromatic carbocycles. The molecule has 0 fully saturated rings. The SMILES string of the molecule is CCc1cc(Br)ccc1OCC(=O)Nc1nc(-c2ccc(Br)cc2)c(CC)s1. The molecule has 0 aliphatic rings. The van der Waals surface area contributed by atoms with Crippen molar-refractivity contribution in [3.63, 3.8) is 0 Å². The number of carbonyl (C=O) groups excluding carboxylic acids is 1. The summed E-state index contributed by atoms with van der Waals surface area (Å²) < 4.78 is 7.74. The van der Waals surface area contributed by atoms with E-state index in [1.165, 1.54) is 11.3 Å². The second-order valence-electron chi connectivity index (χ2n) is 6.09. The van der Waals surface area contributed by atoms with Gasteiger partial charge in [0.05, 0.1) is 5.69 Å². The fourth-order valence-corrected chi connectivity index (χ4v) is 4.35. The summed E-state index contributed by atoms with van der Waals surface area (Å²) >= 11 is 8.41. The molecule has 4 nitrogen and oxygen atoms in total. The standard InChI is InChI=1S/C21H20Br2N2O2S/c1-3-13-11-16(23)9-10-17(13)27-12-19(26)24-21-25-20(18(4-2)28-21)14-5-7-15(22)8-6-14/h5-11H,3-4,12H2,1-2H3,(H,24,25,26). The Labute approximate surface area is 185 Å². The Balaban J connectivity index is 1.68. The van der Waals surface area contributed by atoms with Crippen molar-refractivity contribution in [2.75, 3.05) is 11.9 Å². The summed E-state index contributed by atoms with van der Waals surface area (Å²) in [5.41, 5.74) is 3.01. The highest BCUT2D eigenvalue weighted by Crippen LogP contribution is 2.32. The molecule has 1 amide bonds. The molecule has 0 aliphatic heterocycles. The van der Waals surface area contributed by atoms with Crippen LogP contribution in [0, 0.1) is 0 Å². The minimum atomic E-state index is -0.219. The van der Waals surface area contributed by atoms with Crippen LogP contribution in [-0.2, 0) is 17.6 Å². The smallest absolute Gasteiger partial charge is 0.264 e. The second kappa shape index (κ2) is 9.67. The van der Waals surface area contributed by atoms with Gasteiger partial charge in [0.15, 0.2) is 11.7 Å². The molecule has 146 valence electrons. The normalized spacial score (nSPS) is 10.7. The van der Waals surface area contributed by atoms with E-state index < -0.39 is 0 Å². The lowest BCUT2D eigenvalue weighted by Crippen LogP contribution is -2.20. The number of nitrogens with one attached hydrogen (secondary N) is 1. The van der Waals surface area contributed by atoms with E-state index >= 15 is 0 Å². The lowest BCUT2D eigenvalue weighted by atomic mass is 10.1. The van der Waals surface area contributed by atoms with E-state index in [9.17, 15) is 4.79 Å². The third-order valence-corrected chi connectivity index (χ3v) is 6.28. The molecule has 0 bridgehead atoms. The number of aromatic nitrogens is 1. The Kier molecular flexibility index (Phi) is 7.26. The van der Waals surface area contributed by atoms with Crippen molar-refractivity contribution in [2.24, 2.45) is 0 Å². The molecule has 1 N–H and O–H groups in total. The van der Waals surface area contributed by atoms with Crippen LogP contribution < -0.4 is 10.1 Å². The summed E-state index contributed by atoms with van der Waals surface area (Å²) in [6.07, 6.45) is 1.69. The molecule has 0 atom stereocenters.